The van der Waals surface area contributed by atoms with E-state index in [4.69, 9.17) is 4.74 Å². The second kappa shape index (κ2) is 8.97. The Morgan fingerprint density at radius 3 is 2.52 bits per heavy atom. The highest BCUT2D eigenvalue weighted by atomic mass is 32.2. The van der Waals surface area contributed by atoms with Gasteiger partial charge in [0.25, 0.3) is 0 Å². The quantitative estimate of drug-likeness (QED) is 0.753. The lowest BCUT2D eigenvalue weighted by Crippen LogP contribution is -2.33. The molecule has 1 amide bonds. The molecule has 7 heteroatoms. The van der Waals surface area contributed by atoms with Crippen molar-refractivity contribution in [1.82, 2.24) is 9.62 Å². The van der Waals surface area contributed by atoms with E-state index < -0.39 is 10.0 Å². The van der Waals surface area contributed by atoms with Gasteiger partial charge in [-0.05, 0) is 61.2 Å². The first-order valence-electron chi connectivity index (χ1n) is 9.79. The molecule has 1 atom stereocenters. The molecule has 0 spiro atoms. The van der Waals surface area contributed by atoms with Crippen LogP contribution in [0.1, 0.15) is 35.4 Å². The van der Waals surface area contributed by atoms with Crippen molar-refractivity contribution in [2.45, 2.75) is 37.5 Å². The molecule has 1 aliphatic rings. The van der Waals surface area contributed by atoms with Gasteiger partial charge in [-0.2, -0.15) is 0 Å². The van der Waals surface area contributed by atoms with Crippen LogP contribution in [0.2, 0.25) is 0 Å². The summed E-state index contributed by atoms with van der Waals surface area (Å²) in [5.41, 5.74) is 3.15. The molecule has 1 saturated heterocycles. The molecule has 1 heterocycles. The van der Waals surface area contributed by atoms with Crippen molar-refractivity contribution in [3.63, 3.8) is 0 Å². The van der Waals surface area contributed by atoms with Crippen molar-refractivity contribution in [3.8, 4) is 5.75 Å². The Morgan fingerprint density at radius 1 is 1.14 bits per heavy atom. The minimum absolute atomic E-state index is 0.0243. The van der Waals surface area contributed by atoms with Crippen LogP contribution in [0.25, 0.3) is 0 Å². The number of amides is 1. The van der Waals surface area contributed by atoms with E-state index in [9.17, 15) is 13.2 Å². The predicted octanol–water partition coefficient (Wildman–Crippen LogP) is 3.00. The monoisotopic (exact) mass is 416 g/mol. The summed E-state index contributed by atoms with van der Waals surface area (Å²) in [5.74, 6) is 1.09. The fourth-order valence-electron chi connectivity index (χ4n) is 3.55. The average Bonchev–Trinajstić information content (AvgIpc) is 3.20. The van der Waals surface area contributed by atoms with Crippen LogP contribution in [0.5, 0.6) is 5.75 Å². The van der Waals surface area contributed by atoms with Crippen LogP contribution in [0.4, 0.5) is 0 Å². The van der Waals surface area contributed by atoms with E-state index in [0.29, 0.717) is 19.0 Å². The van der Waals surface area contributed by atoms with Gasteiger partial charge >= 0.3 is 0 Å². The van der Waals surface area contributed by atoms with E-state index in [1.807, 2.05) is 43.0 Å². The molecule has 0 aromatic heterocycles. The number of methoxy groups -OCH3 is 1. The third-order valence-corrected chi connectivity index (χ3v) is 7.01. The van der Waals surface area contributed by atoms with Crippen molar-refractivity contribution >= 4 is 15.9 Å². The summed E-state index contributed by atoms with van der Waals surface area (Å²) in [6.45, 7) is 5.27. The van der Waals surface area contributed by atoms with Gasteiger partial charge in [0.15, 0.2) is 0 Å². The predicted molar refractivity (Wildman–Crippen MR) is 113 cm³/mol. The summed E-state index contributed by atoms with van der Waals surface area (Å²) < 4.78 is 32.6. The molecule has 0 bridgehead atoms. The molecule has 0 aliphatic carbocycles. The fraction of sp³-hybridized carbons (Fsp3) is 0.409. The number of hydrogen-bond acceptors (Lipinski definition) is 4. The highest BCUT2D eigenvalue weighted by Crippen LogP contribution is 2.28. The maximum atomic E-state index is 12.5. The Morgan fingerprint density at radius 2 is 1.86 bits per heavy atom. The van der Waals surface area contributed by atoms with E-state index in [2.05, 4.69) is 4.72 Å². The Bertz CT molecular complexity index is 971. The Hall–Kier alpha value is -2.38. The van der Waals surface area contributed by atoms with E-state index in [1.54, 1.807) is 25.3 Å². The van der Waals surface area contributed by atoms with Gasteiger partial charge in [0, 0.05) is 32.0 Å². The normalized spacial score (nSPS) is 16.8. The van der Waals surface area contributed by atoms with Crippen LogP contribution in [-0.4, -0.2) is 46.0 Å². The summed E-state index contributed by atoms with van der Waals surface area (Å²) in [6.07, 6.45) is 1.06. The van der Waals surface area contributed by atoms with Crippen LogP contribution >= 0.6 is 0 Å². The average molecular weight is 417 g/mol. The molecule has 1 N–H and O–H groups in total. The summed E-state index contributed by atoms with van der Waals surface area (Å²) in [5, 5.41) is 0. The SMILES string of the molecule is COc1ccc(C2CCN(C(=O)CCNS(=O)(=O)c3ccc(C)c(C)c3)C2)cc1. The summed E-state index contributed by atoms with van der Waals surface area (Å²) in [6, 6.07) is 13.0. The topological polar surface area (TPSA) is 75.7 Å². The molecular formula is C22H28N2O4S. The van der Waals surface area contributed by atoms with Gasteiger partial charge in [0.2, 0.25) is 15.9 Å². The molecule has 156 valence electrons. The first kappa shape index (κ1) is 21.3. The molecule has 0 radical (unpaired) electrons. The number of carbonyl (C=O) groups excluding carboxylic acids is 1. The van der Waals surface area contributed by atoms with Gasteiger partial charge in [0.1, 0.15) is 5.75 Å². The number of aryl methyl sites for hydroxylation is 2. The maximum absolute atomic E-state index is 12.5. The van der Waals surface area contributed by atoms with Crippen molar-refractivity contribution in [1.29, 1.82) is 0 Å². The standard InChI is InChI=1S/C22H28N2O4S/c1-16-4-9-21(14-17(16)2)29(26,27)23-12-10-22(25)24-13-11-19(15-24)18-5-7-20(28-3)8-6-18/h4-9,14,19,23H,10-13,15H2,1-3H3. The van der Waals surface area contributed by atoms with Crippen LogP contribution in [0.15, 0.2) is 47.4 Å². The Balaban J connectivity index is 1.51. The lowest BCUT2D eigenvalue weighted by molar-refractivity contribution is -0.130. The van der Waals surface area contributed by atoms with Gasteiger partial charge < -0.3 is 9.64 Å². The highest BCUT2D eigenvalue weighted by molar-refractivity contribution is 7.89. The zero-order chi connectivity index (χ0) is 21.0. The first-order valence-corrected chi connectivity index (χ1v) is 11.3. The number of sulfonamides is 1. The van der Waals surface area contributed by atoms with Gasteiger partial charge in [0.05, 0.1) is 12.0 Å². The molecule has 0 saturated carbocycles. The molecule has 1 aliphatic heterocycles. The van der Waals surface area contributed by atoms with Crippen molar-refractivity contribution in [2.75, 3.05) is 26.7 Å². The third kappa shape index (κ3) is 5.16. The second-order valence-corrected chi connectivity index (χ2v) is 9.26. The number of nitrogens with zero attached hydrogens (tertiary/aromatic N) is 1. The van der Waals surface area contributed by atoms with Crippen LogP contribution in [0.3, 0.4) is 0 Å². The van der Waals surface area contributed by atoms with Crippen LogP contribution in [0, 0.1) is 13.8 Å². The van der Waals surface area contributed by atoms with Gasteiger partial charge in [-0.25, -0.2) is 13.1 Å². The number of benzene rings is 2. The maximum Gasteiger partial charge on any atom is 0.240 e. The largest absolute Gasteiger partial charge is 0.497 e. The summed E-state index contributed by atoms with van der Waals surface area (Å²) in [4.78, 5) is 14.6. The smallest absolute Gasteiger partial charge is 0.240 e. The lowest BCUT2D eigenvalue weighted by Gasteiger charge is -2.17. The molecule has 2 aromatic rings. The fourth-order valence-corrected chi connectivity index (χ4v) is 4.67. The summed E-state index contributed by atoms with van der Waals surface area (Å²) >= 11 is 0. The molecule has 29 heavy (non-hydrogen) atoms. The molecule has 2 aromatic carbocycles. The van der Waals surface area contributed by atoms with E-state index in [-0.39, 0.29) is 23.8 Å². The summed E-state index contributed by atoms with van der Waals surface area (Å²) in [7, 11) is -1.97. The molecule has 6 nitrogen and oxygen atoms in total. The minimum atomic E-state index is -3.61. The zero-order valence-corrected chi connectivity index (χ0v) is 18.0. The number of rotatable bonds is 7. The van der Waals surface area contributed by atoms with Gasteiger partial charge in [-0.15, -0.1) is 0 Å². The van der Waals surface area contributed by atoms with Crippen molar-refractivity contribution < 1.29 is 17.9 Å². The minimum Gasteiger partial charge on any atom is -0.497 e. The first-order chi connectivity index (χ1) is 13.8. The number of likely N-dealkylation sites (tertiary alicyclic amines) is 1. The molecular weight excluding hydrogens is 388 g/mol. The highest BCUT2D eigenvalue weighted by Gasteiger charge is 2.27. The van der Waals surface area contributed by atoms with E-state index in [0.717, 1.165) is 23.3 Å². The van der Waals surface area contributed by atoms with Crippen LogP contribution in [-0.2, 0) is 14.8 Å². The van der Waals surface area contributed by atoms with E-state index >= 15 is 0 Å². The number of nitrogens with one attached hydrogen (secondary N) is 1. The number of ether oxygens (including phenoxy) is 1. The van der Waals surface area contributed by atoms with Gasteiger partial charge in [-0.1, -0.05) is 18.2 Å². The number of carbonyl (C=O) groups is 1. The van der Waals surface area contributed by atoms with Crippen molar-refractivity contribution in [3.05, 3.63) is 59.2 Å². The Kier molecular flexibility index (Phi) is 6.59. The number of hydrogen-bond donors (Lipinski definition) is 1. The molecule has 1 fully saturated rings. The zero-order valence-electron chi connectivity index (χ0n) is 17.1. The van der Waals surface area contributed by atoms with Crippen LogP contribution < -0.4 is 9.46 Å². The van der Waals surface area contributed by atoms with E-state index in [1.165, 1.54) is 5.56 Å². The second-order valence-electron chi connectivity index (χ2n) is 7.49. The third-order valence-electron chi connectivity index (χ3n) is 5.55. The Labute approximate surface area is 172 Å². The molecule has 1 unspecified atom stereocenters. The van der Waals surface area contributed by atoms with Gasteiger partial charge in [-0.3, -0.25) is 4.79 Å². The molecule has 3 rings (SSSR count). The lowest BCUT2D eigenvalue weighted by atomic mass is 9.98. The van der Waals surface area contributed by atoms with Crippen molar-refractivity contribution in [2.24, 2.45) is 0 Å².